The van der Waals surface area contributed by atoms with E-state index in [1.165, 1.54) is 0 Å². The molecule has 35 heavy (non-hydrogen) atoms. The van der Waals surface area contributed by atoms with Gasteiger partial charge >= 0.3 is 6.09 Å². The standard InChI is InChI=1S/C26H29N3O5S/c1-19(22-14-9-15-23(17-22)29-35(2,32)33)27-25(30)24(16-20-10-5-3-6-11-20)28-26(31)34-18-21-12-7-4-8-13-21/h3-15,17,19,24,29H,16,18H2,1-2H3,(H,27,30)(H,28,31). The van der Waals surface area contributed by atoms with E-state index in [0.29, 0.717) is 11.3 Å². The van der Waals surface area contributed by atoms with Crippen molar-refractivity contribution >= 4 is 27.7 Å². The summed E-state index contributed by atoms with van der Waals surface area (Å²) in [5.41, 5.74) is 2.82. The normalized spacial score (nSPS) is 12.7. The van der Waals surface area contributed by atoms with Crippen LogP contribution < -0.4 is 15.4 Å². The van der Waals surface area contributed by atoms with Crippen LogP contribution in [0.15, 0.2) is 84.9 Å². The van der Waals surface area contributed by atoms with Crippen molar-refractivity contribution in [1.82, 2.24) is 10.6 Å². The van der Waals surface area contributed by atoms with Gasteiger partial charge in [-0.25, -0.2) is 13.2 Å². The van der Waals surface area contributed by atoms with Crippen LogP contribution in [-0.2, 0) is 32.6 Å². The second-order valence-electron chi connectivity index (χ2n) is 8.18. The lowest BCUT2D eigenvalue weighted by Gasteiger charge is -2.22. The van der Waals surface area contributed by atoms with Gasteiger partial charge in [0.1, 0.15) is 12.6 Å². The lowest BCUT2D eigenvalue weighted by molar-refractivity contribution is -0.123. The Labute approximate surface area is 205 Å². The van der Waals surface area contributed by atoms with Gasteiger partial charge in [0.15, 0.2) is 0 Å². The van der Waals surface area contributed by atoms with E-state index < -0.39 is 28.2 Å². The number of ether oxygens (including phenoxy) is 1. The number of hydrogen-bond acceptors (Lipinski definition) is 5. The molecule has 184 valence electrons. The average Bonchev–Trinajstić information content (AvgIpc) is 2.82. The van der Waals surface area contributed by atoms with Crippen LogP contribution in [-0.4, -0.2) is 32.7 Å². The minimum Gasteiger partial charge on any atom is -0.445 e. The van der Waals surface area contributed by atoms with Gasteiger partial charge in [0, 0.05) is 12.1 Å². The first-order valence-electron chi connectivity index (χ1n) is 11.1. The molecule has 0 radical (unpaired) electrons. The van der Waals surface area contributed by atoms with Crippen LogP contribution in [0.4, 0.5) is 10.5 Å². The molecule has 9 heteroatoms. The highest BCUT2D eigenvalue weighted by Gasteiger charge is 2.24. The Hall–Kier alpha value is -3.85. The molecule has 3 aromatic carbocycles. The van der Waals surface area contributed by atoms with Crippen LogP contribution in [0.25, 0.3) is 0 Å². The molecule has 3 aromatic rings. The van der Waals surface area contributed by atoms with Crippen LogP contribution in [0.2, 0.25) is 0 Å². The zero-order chi connectivity index (χ0) is 25.3. The number of anilines is 1. The van der Waals surface area contributed by atoms with Crippen LogP contribution in [0.3, 0.4) is 0 Å². The van der Waals surface area contributed by atoms with E-state index >= 15 is 0 Å². The molecule has 0 spiro atoms. The molecule has 8 nitrogen and oxygen atoms in total. The van der Waals surface area contributed by atoms with Crippen LogP contribution in [0.1, 0.15) is 29.7 Å². The molecule has 0 heterocycles. The Morgan fingerprint density at radius 1 is 0.857 bits per heavy atom. The van der Waals surface area contributed by atoms with Crippen molar-refractivity contribution in [2.24, 2.45) is 0 Å². The number of amides is 2. The van der Waals surface area contributed by atoms with Gasteiger partial charge in [0.25, 0.3) is 0 Å². The van der Waals surface area contributed by atoms with E-state index in [0.717, 1.165) is 17.4 Å². The van der Waals surface area contributed by atoms with Gasteiger partial charge in [-0.1, -0.05) is 72.8 Å². The van der Waals surface area contributed by atoms with Crippen molar-refractivity contribution in [2.45, 2.75) is 32.0 Å². The Morgan fingerprint density at radius 2 is 1.49 bits per heavy atom. The molecule has 0 aliphatic rings. The molecular weight excluding hydrogens is 466 g/mol. The highest BCUT2D eigenvalue weighted by molar-refractivity contribution is 7.92. The molecule has 0 aromatic heterocycles. The number of benzene rings is 3. The number of carbonyl (C=O) groups is 2. The first-order chi connectivity index (χ1) is 16.7. The second kappa shape index (κ2) is 12.0. The van der Waals surface area contributed by atoms with Crippen molar-refractivity contribution in [3.8, 4) is 0 Å². The fraction of sp³-hybridized carbons (Fsp3) is 0.231. The molecule has 0 saturated heterocycles. The van der Waals surface area contributed by atoms with E-state index in [2.05, 4.69) is 15.4 Å². The predicted molar refractivity (Wildman–Crippen MR) is 135 cm³/mol. The maximum Gasteiger partial charge on any atom is 0.408 e. The fourth-order valence-electron chi connectivity index (χ4n) is 3.45. The zero-order valence-electron chi connectivity index (χ0n) is 19.6. The monoisotopic (exact) mass is 495 g/mol. The molecule has 0 aliphatic carbocycles. The smallest absolute Gasteiger partial charge is 0.408 e. The van der Waals surface area contributed by atoms with E-state index in [1.807, 2.05) is 60.7 Å². The molecule has 0 aliphatic heterocycles. The first-order valence-corrected chi connectivity index (χ1v) is 13.0. The summed E-state index contributed by atoms with van der Waals surface area (Å²) < 4.78 is 30.8. The minimum absolute atomic E-state index is 0.0862. The molecule has 3 rings (SSSR count). The van der Waals surface area contributed by atoms with E-state index in [1.54, 1.807) is 31.2 Å². The highest BCUT2D eigenvalue weighted by Crippen LogP contribution is 2.18. The summed E-state index contributed by atoms with van der Waals surface area (Å²) in [4.78, 5) is 25.6. The number of hydrogen-bond donors (Lipinski definition) is 3. The second-order valence-corrected chi connectivity index (χ2v) is 9.93. The Bertz CT molecular complexity index is 1230. The summed E-state index contributed by atoms with van der Waals surface area (Å²) in [6.45, 7) is 1.87. The van der Waals surface area contributed by atoms with Crippen LogP contribution in [0, 0.1) is 0 Å². The third-order valence-corrected chi connectivity index (χ3v) is 5.76. The largest absolute Gasteiger partial charge is 0.445 e. The van der Waals surface area contributed by atoms with Gasteiger partial charge in [-0.15, -0.1) is 0 Å². The van der Waals surface area contributed by atoms with Gasteiger partial charge in [0.2, 0.25) is 15.9 Å². The lowest BCUT2D eigenvalue weighted by atomic mass is 10.0. The summed E-state index contributed by atoms with van der Waals surface area (Å²) in [6, 6.07) is 24.1. The van der Waals surface area contributed by atoms with Crippen molar-refractivity contribution in [1.29, 1.82) is 0 Å². The molecule has 0 saturated carbocycles. The Kier molecular flexibility index (Phi) is 8.86. The summed E-state index contributed by atoms with van der Waals surface area (Å²) in [6.07, 6.45) is 0.647. The number of carbonyl (C=O) groups excluding carboxylic acids is 2. The van der Waals surface area contributed by atoms with Crippen LogP contribution in [0.5, 0.6) is 0 Å². The van der Waals surface area contributed by atoms with Crippen molar-refractivity contribution in [3.05, 3.63) is 102 Å². The van der Waals surface area contributed by atoms with Crippen molar-refractivity contribution in [3.63, 3.8) is 0 Å². The molecule has 2 unspecified atom stereocenters. The fourth-order valence-corrected chi connectivity index (χ4v) is 4.00. The maximum absolute atomic E-state index is 13.2. The summed E-state index contributed by atoms with van der Waals surface area (Å²) >= 11 is 0. The molecule has 0 fully saturated rings. The minimum atomic E-state index is -3.43. The zero-order valence-corrected chi connectivity index (χ0v) is 20.4. The molecule has 2 atom stereocenters. The number of alkyl carbamates (subject to hydrolysis) is 1. The van der Waals surface area contributed by atoms with Crippen molar-refractivity contribution in [2.75, 3.05) is 11.0 Å². The molecule has 0 bridgehead atoms. The highest BCUT2D eigenvalue weighted by atomic mass is 32.2. The number of rotatable bonds is 10. The van der Waals surface area contributed by atoms with Gasteiger partial charge < -0.3 is 15.4 Å². The maximum atomic E-state index is 13.2. The SMILES string of the molecule is CC(NC(=O)C(Cc1ccccc1)NC(=O)OCc1ccccc1)c1cccc(NS(C)(=O)=O)c1. The third kappa shape index (κ3) is 8.78. The summed E-state index contributed by atoms with van der Waals surface area (Å²) in [5.74, 6) is -0.389. The molecule has 2 amide bonds. The number of sulfonamides is 1. The van der Waals surface area contributed by atoms with Gasteiger partial charge in [-0.3, -0.25) is 9.52 Å². The van der Waals surface area contributed by atoms with Crippen LogP contribution >= 0.6 is 0 Å². The third-order valence-electron chi connectivity index (χ3n) is 5.15. The predicted octanol–water partition coefficient (Wildman–Crippen LogP) is 3.77. The van der Waals surface area contributed by atoms with Crippen molar-refractivity contribution < 1.29 is 22.7 Å². The number of nitrogens with one attached hydrogen (secondary N) is 3. The van der Waals surface area contributed by atoms with E-state index in [-0.39, 0.29) is 18.9 Å². The average molecular weight is 496 g/mol. The summed E-state index contributed by atoms with van der Waals surface area (Å²) in [5, 5.41) is 5.57. The summed E-state index contributed by atoms with van der Waals surface area (Å²) in [7, 11) is -3.43. The molecular formula is C26H29N3O5S. The Balaban J connectivity index is 1.68. The van der Waals surface area contributed by atoms with Gasteiger partial charge in [0.05, 0.1) is 12.3 Å². The van der Waals surface area contributed by atoms with E-state index in [4.69, 9.17) is 4.74 Å². The lowest BCUT2D eigenvalue weighted by Crippen LogP contribution is -2.48. The topological polar surface area (TPSA) is 114 Å². The van der Waals surface area contributed by atoms with Gasteiger partial charge in [-0.05, 0) is 35.7 Å². The Morgan fingerprint density at radius 3 is 2.11 bits per heavy atom. The van der Waals surface area contributed by atoms with Gasteiger partial charge in [-0.2, -0.15) is 0 Å². The van der Waals surface area contributed by atoms with E-state index in [9.17, 15) is 18.0 Å². The quantitative estimate of drug-likeness (QED) is 0.396. The first kappa shape index (κ1) is 25.8. The molecule has 3 N–H and O–H groups in total.